The molecular weight excluding hydrogens is 520 g/mol. The zero-order valence-corrected chi connectivity index (χ0v) is 23.2. The fourth-order valence-electron chi connectivity index (χ4n) is 4.58. The number of carbonyl (C=O) groups excluding carboxylic acids is 3. The monoisotopic (exact) mass is 552 g/mol. The molecule has 0 saturated carbocycles. The fourth-order valence-corrected chi connectivity index (χ4v) is 5.57. The van der Waals surface area contributed by atoms with Gasteiger partial charge in [-0.25, -0.2) is 17.9 Å². The molecule has 1 aromatic heterocycles. The summed E-state index contributed by atoms with van der Waals surface area (Å²) in [4.78, 5) is 44.8. The summed E-state index contributed by atoms with van der Waals surface area (Å²) in [6, 6.07) is 13.0. The third-order valence-corrected chi connectivity index (χ3v) is 8.08. The first-order valence-corrected chi connectivity index (χ1v) is 14.3. The number of ether oxygens (including phenoxy) is 1. The molecule has 3 aromatic rings. The summed E-state index contributed by atoms with van der Waals surface area (Å²) in [6.07, 6.45) is -0.132. The van der Waals surface area contributed by atoms with E-state index in [1.807, 2.05) is 29.0 Å². The molecule has 1 aliphatic heterocycles. The van der Waals surface area contributed by atoms with Gasteiger partial charge in [-0.2, -0.15) is 0 Å². The highest BCUT2D eigenvalue weighted by molar-refractivity contribution is 7.90. The highest BCUT2D eigenvalue weighted by atomic mass is 32.2. The molecule has 1 unspecified atom stereocenters. The second-order valence-corrected chi connectivity index (χ2v) is 11.4. The van der Waals surface area contributed by atoms with Crippen molar-refractivity contribution in [2.24, 2.45) is 0 Å². The first kappa shape index (κ1) is 28.2. The number of hydrogen-bond donors (Lipinski definition) is 2. The minimum atomic E-state index is -4.00. The number of benzene rings is 2. The number of nitrogens with one attached hydrogen (secondary N) is 2. The van der Waals surface area contributed by atoms with Gasteiger partial charge in [-0.1, -0.05) is 25.1 Å². The normalized spacial score (nSPS) is 14.5. The molecule has 11 heteroatoms. The molecule has 2 amide bonds. The van der Waals surface area contributed by atoms with Crippen LogP contribution in [0.2, 0.25) is 0 Å². The van der Waals surface area contributed by atoms with Crippen molar-refractivity contribution in [3.8, 4) is 0 Å². The number of anilines is 1. The van der Waals surface area contributed by atoms with Gasteiger partial charge < -0.3 is 10.1 Å². The van der Waals surface area contributed by atoms with Crippen LogP contribution in [0.25, 0.3) is 10.9 Å². The Morgan fingerprint density at radius 2 is 1.77 bits per heavy atom. The number of para-hydroxylation sites is 1. The molecule has 206 valence electrons. The Balaban J connectivity index is 1.56. The van der Waals surface area contributed by atoms with Crippen LogP contribution in [0.5, 0.6) is 0 Å². The van der Waals surface area contributed by atoms with Crippen LogP contribution in [0, 0.1) is 0 Å². The second-order valence-electron chi connectivity index (χ2n) is 9.72. The van der Waals surface area contributed by atoms with Crippen molar-refractivity contribution in [3.63, 3.8) is 0 Å². The zero-order valence-electron chi connectivity index (χ0n) is 22.4. The SMILES string of the molecule is CCC(OC(=O)c1c2c(nc3ccccc13)CCN(C(C)C)C2)C(=O)Nc1ccc(S(=O)(=O)NC(C)=O)cc1. The number of sulfonamides is 1. The molecule has 2 N–H and O–H groups in total. The van der Waals surface area contributed by atoms with E-state index in [0.717, 1.165) is 24.7 Å². The lowest BCUT2D eigenvalue weighted by molar-refractivity contribution is -0.124. The van der Waals surface area contributed by atoms with Gasteiger partial charge in [0.2, 0.25) is 5.91 Å². The first-order valence-electron chi connectivity index (χ1n) is 12.8. The molecule has 0 aliphatic carbocycles. The highest BCUT2D eigenvalue weighted by Crippen LogP contribution is 2.30. The predicted octanol–water partition coefficient (Wildman–Crippen LogP) is 3.40. The number of nitrogens with zero attached hydrogens (tertiary/aromatic N) is 2. The second kappa shape index (κ2) is 11.5. The molecular formula is C28H32N4O6S. The van der Waals surface area contributed by atoms with Gasteiger partial charge in [0, 0.05) is 54.8 Å². The van der Waals surface area contributed by atoms with E-state index < -0.39 is 33.9 Å². The molecule has 1 atom stereocenters. The molecule has 0 bridgehead atoms. The minimum Gasteiger partial charge on any atom is -0.449 e. The van der Waals surface area contributed by atoms with E-state index in [1.165, 1.54) is 24.3 Å². The lowest BCUT2D eigenvalue weighted by Crippen LogP contribution is -2.38. The number of rotatable bonds is 8. The van der Waals surface area contributed by atoms with Gasteiger partial charge in [0.25, 0.3) is 15.9 Å². The Kier molecular flexibility index (Phi) is 8.31. The molecule has 0 spiro atoms. The van der Waals surface area contributed by atoms with Crippen molar-refractivity contribution in [2.45, 2.75) is 64.1 Å². The van der Waals surface area contributed by atoms with Crippen molar-refractivity contribution < 1.29 is 27.5 Å². The summed E-state index contributed by atoms with van der Waals surface area (Å²) in [6.45, 7) is 8.46. The van der Waals surface area contributed by atoms with E-state index in [1.54, 1.807) is 6.92 Å². The number of fused-ring (bicyclic) bond motifs is 2. The number of pyridine rings is 1. The van der Waals surface area contributed by atoms with Crippen LogP contribution in [-0.2, 0) is 37.3 Å². The quantitative estimate of drug-likeness (QED) is 0.406. The lowest BCUT2D eigenvalue weighted by atomic mass is 9.95. The summed E-state index contributed by atoms with van der Waals surface area (Å²) < 4.78 is 32.0. The van der Waals surface area contributed by atoms with Gasteiger partial charge in [0.15, 0.2) is 6.10 Å². The molecule has 4 rings (SSSR count). The fraction of sp³-hybridized carbons (Fsp3) is 0.357. The van der Waals surface area contributed by atoms with E-state index in [-0.39, 0.29) is 11.3 Å². The molecule has 0 radical (unpaired) electrons. The molecule has 2 aromatic carbocycles. The maximum absolute atomic E-state index is 13.6. The minimum absolute atomic E-state index is 0.126. The summed E-state index contributed by atoms with van der Waals surface area (Å²) in [5.74, 6) is -1.84. The number of hydrogen-bond acceptors (Lipinski definition) is 8. The van der Waals surface area contributed by atoms with Crippen LogP contribution < -0.4 is 10.0 Å². The van der Waals surface area contributed by atoms with E-state index in [9.17, 15) is 22.8 Å². The summed E-state index contributed by atoms with van der Waals surface area (Å²) in [5, 5.41) is 3.35. The zero-order chi connectivity index (χ0) is 28.3. The smallest absolute Gasteiger partial charge is 0.340 e. The molecule has 0 fully saturated rings. The molecule has 39 heavy (non-hydrogen) atoms. The number of aromatic nitrogens is 1. The van der Waals surface area contributed by atoms with Gasteiger partial charge in [-0.15, -0.1) is 0 Å². The van der Waals surface area contributed by atoms with Crippen molar-refractivity contribution in [1.29, 1.82) is 0 Å². The Hall–Kier alpha value is -3.83. The van der Waals surface area contributed by atoms with Crippen LogP contribution >= 0.6 is 0 Å². The highest BCUT2D eigenvalue weighted by Gasteiger charge is 2.30. The standard InChI is InChI=1S/C28H32N4O6S/c1-5-25(27(34)29-19-10-12-20(13-11-19)39(36,37)31-18(4)33)38-28(35)26-21-8-6-7-9-23(21)30-24-14-15-32(17(2)3)16-22(24)26/h6-13,17,25H,5,14-16H2,1-4H3,(H,29,34)(H,31,33). The molecule has 0 saturated heterocycles. The third kappa shape index (κ3) is 6.26. The molecule has 2 heterocycles. The number of carbonyl (C=O) groups is 3. The van der Waals surface area contributed by atoms with Crippen LogP contribution in [-0.4, -0.2) is 54.8 Å². The van der Waals surface area contributed by atoms with Crippen LogP contribution in [0.4, 0.5) is 5.69 Å². The topological polar surface area (TPSA) is 135 Å². The molecule has 1 aliphatic rings. The van der Waals surface area contributed by atoms with Crippen LogP contribution in [0.1, 0.15) is 55.7 Å². The van der Waals surface area contributed by atoms with E-state index in [4.69, 9.17) is 9.72 Å². The summed E-state index contributed by atoms with van der Waals surface area (Å²) in [5.41, 5.74) is 3.14. The van der Waals surface area contributed by atoms with E-state index in [2.05, 4.69) is 24.1 Å². The predicted molar refractivity (Wildman–Crippen MR) is 147 cm³/mol. The lowest BCUT2D eigenvalue weighted by Gasteiger charge is -2.32. The average Bonchev–Trinajstić information content (AvgIpc) is 2.89. The Bertz CT molecular complexity index is 1520. The maximum atomic E-state index is 13.6. The Morgan fingerprint density at radius 3 is 2.41 bits per heavy atom. The van der Waals surface area contributed by atoms with Crippen molar-refractivity contribution in [2.75, 3.05) is 11.9 Å². The van der Waals surface area contributed by atoms with E-state index >= 15 is 0 Å². The van der Waals surface area contributed by atoms with Gasteiger partial charge in [-0.3, -0.25) is 19.5 Å². The van der Waals surface area contributed by atoms with Crippen LogP contribution in [0.15, 0.2) is 53.4 Å². The average molecular weight is 553 g/mol. The Morgan fingerprint density at radius 1 is 1.08 bits per heavy atom. The third-order valence-electron chi connectivity index (χ3n) is 6.63. The van der Waals surface area contributed by atoms with Crippen molar-refractivity contribution in [1.82, 2.24) is 14.6 Å². The molecule has 10 nitrogen and oxygen atoms in total. The van der Waals surface area contributed by atoms with Gasteiger partial charge >= 0.3 is 5.97 Å². The van der Waals surface area contributed by atoms with Gasteiger partial charge in [-0.05, 0) is 50.6 Å². The van der Waals surface area contributed by atoms with Crippen molar-refractivity contribution in [3.05, 3.63) is 65.4 Å². The van der Waals surface area contributed by atoms with Crippen LogP contribution in [0.3, 0.4) is 0 Å². The van der Waals surface area contributed by atoms with Gasteiger partial charge in [0.1, 0.15) is 0 Å². The number of esters is 1. The van der Waals surface area contributed by atoms with Gasteiger partial charge in [0.05, 0.1) is 16.0 Å². The summed E-state index contributed by atoms with van der Waals surface area (Å²) >= 11 is 0. The summed E-state index contributed by atoms with van der Waals surface area (Å²) in [7, 11) is -4.00. The van der Waals surface area contributed by atoms with E-state index in [0.29, 0.717) is 41.2 Å². The Labute approximate surface area is 227 Å². The largest absolute Gasteiger partial charge is 0.449 e. The maximum Gasteiger partial charge on any atom is 0.340 e. The number of amides is 2. The first-order chi connectivity index (χ1) is 18.5. The van der Waals surface area contributed by atoms with Crippen molar-refractivity contribution >= 4 is 44.4 Å².